The Labute approximate surface area is 147 Å². The molecule has 0 spiro atoms. The van der Waals surface area contributed by atoms with Crippen molar-refractivity contribution in [3.05, 3.63) is 107 Å². The fourth-order valence-corrected chi connectivity index (χ4v) is 2.93. The van der Waals surface area contributed by atoms with E-state index in [0.717, 1.165) is 16.7 Å². The van der Waals surface area contributed by atoms with E-state index in [4.69, 9.17) is 0 Å². The van der Waals surface area contributed by atoms with Gasteiger partial charge >= 0.3 is 0 Å². The normalized spacial score (nSPS) is 10.7. The van der Waals surface area contributed by atoms with Gasteiger partial charge in [-0.15, -0.1) is 0 Å². The summed E-state index contributed by atoms with van der Waals surface area (Å²) in [4.78, 5) is 12.5. The SMILES string of the molecule is Cc1ccc(F)cc1C(=O)NCC(c1ccccc1)c1ccccc1. The van der Waals surface area contributed by atoms with Crippen LogP contribution in [0.1, 0.15) is 33.0 Å². The molecular weight excluding hydrogens is 313 g/mol. The average Bonchev–Trinajstić information content (AvgIpc) is 2.65. The van der Waals surface area contributed by atoms with Crippen molar-refractivity contribution in [2.75, 3.05) is 6.54 Å². The molecule has 0 fully saturated rings. The fourth-order valence-electron chi connectivity index (χ4n) is 2.93. The van der Waals surface area contributed by atoms with Crippen molar-refractivity contribution in [1.82, 2.24) is 5.32 Å². The standard InChI is InChI=1S/C22H20FNO/c1-16-12-13-19(23)14-20(16)22(25)24-15-21(17-8-4-2-5-9-17)18-10-6-3-7-11-18/h2-14,21H,15H2,1H3,(H,24,25). The lowest BCUT2D eigenvalue weighted by molar-refractivity contribution is 0.0951. The second-order valence-corrected chi connectivity index (χ2v) is 6.04. The number of carbonyl (C=O) groups is 1. The molecule has 0 aromatic heterocycles. The number of hydrogen-bond donors (Lipinski definition) is 1. The highest BCUT2D eigenvalue weighted by Crippen LogP contribution is 2.24. The Bertz CT molecular complexity index is 807. The third-order valence-electron chi connectivity index (χ3n) is 4.31. The number of carbonyl (C=O) groups excluding carboxylic acids is 1. The Morgan fingerprint density at radius 1 is 0.920 bits per heavy atom. The maximum absolute atomic E-state index is 13.5. The monoisotopic (exact) mass is 333 g/mol. The van der Waals surface area contributed by atoms with Crippen LogP contribution in [0.4, 0.5) is 4.39 Å². The molecule has 3 aromatic carbocycles. The third kappa shape index (κ3) is 4.13. The van der Waals surface area contributed by atoms with Gasteiger partial charge in [-0.1, -0.05) is 66.7 Å². The van der Waals surface area contributed by atoms with Gasteiger partial charge in [-0.05, 0) is 35.7 Å². The Hall–Kier alpha value is -2.94. The van der Waals surface area contributed by atoms with Crippen LogP contribution in [0, 0.1) is 12.7 Å². The molecule has 0 radical (unpaired) electrons. The highest BCUT2D eigenvalue weighted by Gasteiger charge is 2.16. The van der Waals surface area contributed by atoms with Crippen molar-refractivity contribution in [2.24, 2.45) is 0 Å². The van der Waals surface area contributed by atoms with Crippen molar-refractivity contribution in [1.29, 1.82) is 0 Å². The van der Waals surface area contributed by atoms with E-state index in [1.54, 1.807) is 13.0 Å². The maximum Gasteiger partial charge on any atom is 0.251 e. The van der Waals surface area contributed by atoms with E-state index >= 15 is 0 Å². The molecule has 126 valence electrons. The zero-order valence-electron chi connectivity index (χ0n) is 14.1. The van der Waals surface area contributed by atoms with Crippen LogP contribution in [0.5, 0.6) is 0 Å². The molecule has 1 N–H and O–H groups in total. The zero-order valence-corrected chi connectivity index (χ0v) is 14.1. The quantitative estimate of drug-likeness (QED) is 0.721. The molecule has 0 atom stereocenters. The minimum absolute atomic E-state index is 0.0419. The van der Waals surface area contributed by atoms with Crippen molar-refractivity contribution < 1.29 is 9.18 Å². The number of nitrogens with one attached hydrogen (secondary N) is 1. The van der Waals surface area contributed by atoms with Crippen LogP contribution in [-0.2, 0) is 0 Å². The van der Waals surface area contributed by atoms with E-state index in [1.807, 2.05) is 36.4 Å². The first-order valence-corrected chi connectivity index (χ1v) is 8.29. The molecule has 3 heteroatoms. The van der Waals surface area contributed by atoms with Crippen LogP contribution in [0.3, 0.4) is 0 Å². The summed E-state index contributed by atoms with van der Waals surface area (Å²) in [7, 11) is 0. The van der Waals surface area contributed by atoms with Crippen LogP contribution in [-0.4, -0.2) is 12.5 Å². The Balaban J connectivity index is 1.82. The van der Waals surface area contributed by atoms with E-state index in [1.165, 1.54) is 12.1 Å². The number of amides is 1. The molecule has 3 rings (SSSR count). The number of benzene rings is 3. The predicted molar refractivity (Wildman–Crippen MR) is 98.2 cm³/mol. The lowest BCUT2D eigenvalue weighted by Crippen LogP contribution is -2.29. The van der Waals surface area contributed by atoms with E-state index in [0.29, 0.717) is 12.1 Å². The molecule has 0 unspecified atom stereocenters. The summed E-state index contributed by atoms with van der Waals surface area (Å²) in [5.41, 5.74) is 3.39. The number of rotatable bonds is 5. The lowest BCUT2D eigenvalue weighted by Gasteiger charge is -2.19. The Kier molecular flexibility index (Phi) is 5.24. The molecular formula is C22H20FNO. The number of hydrogen-bond acceptors (Lipinski definition) is 1. The minimum atomic E-state index is -0.404. The first kappa shape index (κ1) is 16.9. The molecule has 1 amide bonds. The smallest absolute Gasteiger partial charge is 0.251 e. The number of halogens is 1. The predicted octanol–water partition coefficient (Wildman–Crippen LogP) is 4.70. The van der Waals surface area contributed by atoms with Crippen LogP contribution in [0.15, 0.2) is 78.9 Å². The van der Waals surface area contributed by atoms with Gasteiger partial charge in [0.25, 0.3) is 5.91 Å². The second kappa shape index (κ2) is 7.75. The first-order valence-electron chi connectivity index (χ1n) is 8.29. The molecule has 0 aliphatic carbocycles. The van der Waals surface area contributed by atoms with Crippen molar-refractivity contribution >= 4 is 5.91 Å². The summed E-state index contributed by atoms with van der Waals surface area (Å²) < 4.78 is 13.5. The summed E-state index contributed by atoms with van der Waals surface area (Å²) in [5, 5.41) is 2.96. The third-order valence-corrected chi connectivity index (χ3v) is 4.31. The summed E-state index contributed by atoms with van der Waals surface area (Å²) in [6, 6.07) is 24.4. The Morgan fingerprint density at radius 2 is 1.48 bits per heavy atom. The lowest BCUT2D eigenvalue weighted by atomic mass is 9.91. The average molecular weight is 333 g/mol. The van der Waals surface area contributed by atoms with Crippen molar-refractivity contribution in [3.8, 4) is 0 Å². The van der Waals surface area contributed by atoms with Gasteiger partial charge < -0.3 is 5.32 Å². The fraction of sp³-hybridized carbons (Fsp3) is 0.136. The first-order chi connectivity index (χ1) is 12.1. The molecule has 0 bridgehead atoms. The van der Waals surface area contributed by atoms with Gasteiger partial charge in [-0.3, -0.25) is 4.79 Å². The summed E-state index contributed by atoms with van der Waals surface area (Å²) in [5.74, 6) is -0.618. The molecule has 0 heterocycles. The summed E-state index contributed by atoms with van der Waals surface area (Å²) in [6.07, 6.45) is 0. The van der Waals surface area contributed by atoms with Crippen molar-refractivity contribution in [3.63, 3.8) is 0 Å². The molecule has 0 saturated heterocycles. The van der Waals surface area contributed by atoms with Gasteiger partial charge in [0.2, 0.25) is 0 Å². The number of aryl methyl sites for hydroxylation is 1. The molecule has 3 aromatic rings. The zero-order chi connectivity index (χ0) is 17.6. The van der Waals surface area contributed by atoms with Gasteiger partial charge in [0.15, 0.2) is 0 Å². The van der Waals surface area contributed by atoms with Crippen LogP contribution in [0.25, 0.3) is 0 Å². The Morgan fingerprint density at radius 3 is 2.04 bits per heavy atom. The van der Waals surface area contributed by atoms with E-state index < -0.39 is 5.82 Å². The highest BCUT2D eigenvalue weighted by molar-refractivity contribution is 5.95. The topological polar surface area (TPSA) is 29.1 Å². The van der Waals surface area contributed by atoms with E-state index in [-0.39, 0.29) is 11.8 Å². The van der Waals surface area contributed by atoms with Gasteiger partial charge in [-0.25, -0.2) is 4.39 Å². The van der Waals surface area contributed by atoms with Gasteiger partial charge in [-0.2, -0.15) is 0 Å². The molecule has 25 heavy (non-hydrogen) atoms. The van der Waals surface area contributed by atoms with E-state index in [9.17, 15) is 9.18 Å². The van der Waals surface area contributed by atoms with Crippen molar-refractivity contribution in [2.45, 2.75) is 12.8 Å². The van der Waals surface area contributed by atoms with Gasteiger partial charge in [0.05, 0.1) is 0 Å². The van der Waals surface area contributed by atoms with E-state index in [2.05, 4.69) is 29.6 Å². The molecule has 2 nitrogen and oxygen atoms in total. The summed E-state index contributed by atoms with van der Waals surface area (Å²) >= 11 is 0. The summed E-state index contributed by atoms with van der Waals surface area (Å²) in [6.45, 7) is 2.25. The second-order valence-electron chi connectivity index (χ2n) is 6.04. The van der Waals surface area contributed by atoms with Gasteiger partial charge in [0.1, 0.15) is 5.82 Å². The van der Waals surface area contributed by atoms with Crippen LogP contribution < -0.4 is 5.32 Å². The largest absolute Gasteiger partial charge is 0.351 e. The maximum atomic E-state index is 13.5. The van der Waals surface area contributed by atoms with Gasteiger partial charge in [0, 0.05) is 18.0 Å². The minimum Gasteiger partial charge on any atom is -0.351 e. The highest BCUT2D eigenvalue weighted by atomic mass is 19.1. The molecule has 0 saturated carbocycles. The molecule has 0 aliphatic heterocycles. The van der Waals surface area contributed by atoms with Crippen LogP contribution >= 0.6 is 0 Å². The molecule has 0 aliphatic rings. The van der Waals surface area contributed by atoms with Crippen LogP contribution in [0.2, 0.25) is 0 Å².